The van der Waals surface area contributed by atoms with Crippen molar-refractivity contribution in [1.29, 1.82) is 0 Å². The van der Waals surface area contributed by atoms with Crippen molar-refractivity contribution in [3.8, 4) is 0 Å². The second-order valence-electron chi connectivity index (χ2n) is 14.2. The molecule has 4 N–H and O–H groups in total. The Morgan fingerprint density at radius 2 is 0.921 bits per heavy atom. The number of carbonyl (C=O) groups is 4. The molecule has 0 radical (unpaired) electrons. The molecule has 0 saturated carbocycles. The van der Waals surface area contributed by atoms with Crippen LogP contribution in [-0.2, 0) is 23.9 Å². The van der Waals surface area contributed by atoms with E-state index in [1.54, 1.807) is 0 Å². The first kappa shape index (κ1) is 38.0. The Hall–Kier alpha value is -2.16. The van der Waals surface area contributed by atoms with Crippen molar-refractivity contribution in [2.45, 2.75) is 126 Å². The van der Waals surface area contributed by atoms with Gasteiger partial charge in [-0.25, -0.2) is 0 Å². The maximum atomic E-state index is 11.6. The largest absolute Gasteiger partial charge is 0.380 e. The molecule has 0 unspecified atom stereocenters. The fourth-order valence-electron chi connectivity index (χ4n) is 3.06. The molecule has 9 nitrogen and oxygen atoms in total. The van der Waals surface area contributed by atoms with Gasteiger partial charge in [0.2, 0.25) is 23.6 Å². The highest BCUT2D eigenvalue weighted by Gasteiger charge is 2.17. The molecule has 0 aliphatic rings. The molecule has 9 heteroatoms. The summed E-state index contributed by atoms with van der Waals surface area (Å²) in [4.78, 5) is 46.0. The molecule has 0 heterocycles. The molecule has 0 atom stereocenters. The summed E-state index contributed by atoms with van der Waals surface area (Å²) in [5.41, 5.74) is -0.412. The van der Waals surface area contributed by atoms with Gasteiger partial charge in [-0.15, -0.1) is 0 Å². The summed E-state index contributed by atoms with van der Waals surface area (Å²) >= 11 is 0. The predicted molar refractivity (Wildman–Crippen MR) is 155 cm³/mol. The van der Waals surface area contributed by atoms with Crippen molar-refractivity contribution >= 4 is 23.6 Å². The third-order valence-corrected chi connectivity index (χ3v) is 4.35. The van der Waals surface area contributed by atoms with Crippen molar-refractivity contribution in [3.63, 3.8) is 0 Å². The van der Waals surface area contributed by atoms with Gasteiger partial charge in [0.05, 0.1) is 6.61 Å². The van der Waals surface area contributed by atoms with Crippen molar-refractivity contribution in [2.75, 3.05) is 26.3 Å². The molecule has 0 fully saturated rings. The van der Waals surface area contributed by atoms with Crippen molar-refractivity contribution < 1.29 is 23.9 Å². The van der Waals surface area contributed by atoms with Gasteiger partial charge < -0.3 is 26.0 Å². The van der Waals surface area contributed by atoms with E-state index in [9.17, 15) is 19.2 Å². The minimum absolute atomic E-state index is 0.000980. The summed E-state index contributed by atoms with van der Waals surface area (Å²) in [6, 6.07) is 0. The van der Waals surface area contributed by atoms with E-state index >= 15 is 0 Å². The van der Waals surface area contributed by atoms with Crippen LogP contribution in [0.1, 0.15) is 115 Å². The van der Waals surface area contributed by atoms with E-state index in [2.05, 4.69) is 21.3 Å². The first-order valence-corrected chi connectivity index (χ1v) is 13.7. The third kappa shape index (κ3) is 31.9. The highest BCUT2D eigenvalue weighted by molar-refractivity contribution is 5.79. The van der Waals surface area contributed by atoms with E-state index in [0.29, 0.717) is 58.4 Å². The summed E-state index contributed by atoms with van der Waals surface area (Å²) in [7, 11) is 0. The lowest BCUT2D eigenvalue weighted by molar-refractivity contribution is -0.125. The van der Waals surface area contributed by atoms with Crippen LogP contribution < -0.4 is 21.3 Å². The maximum absolute atomic E-state index is 11.6. The van der Waals surface area contributed by atoms with Crippen LogP contribution in [0.25, 0.3) is 0 Å². The normalized spacial score (nSPS) is 12.1. The monoisotopic (exact) mass is 542 g/mol. The molecule has 0 aliphatic carbocycles. The Morgan fingerprint density at radius 1 is 0.526 bits per heavy atom. The average molecular weight is 543 g/mol. The van der Waals surface area contributed by atoms with E-state index in [1.165, 1.54) is 0 Å². The molecule has 0 aromatic heterocycles. The molecular formula is C29H58N4O5. The summed E-state index contributed by atoms with van der Waals surface area (Å²) in [5.74, 6) is 0.0647. The van der Waals surface area contributed by atoms with Gasteiger partial charge in [-0.2, -0.15) is 0 Å². The predicted octanol–water partition coefficient (Wildman–Crippen LogP) is 4.09. The fraction of sp³-hybridized carbons (Fsp3) is 0.862. The summed E-state index contributed by atoms with van der Waals surface area (Å²) in [5, 5.41) is 11.3. The number of carbonyl (C=O) groups excluding carboxylic acids is 4. The molecule has 0 aliphatic heterocycles. The van der Waals surface area contributed by atoms with Crippen LogP contribution >= 0.6 is 0 Å². The van der Waals surface area contributed by atoms with Gasteiger partial charge in [-0.1, -0.05) is 41.5 Å². The molecular weight excluding hydrogens is 484 g/mol. The van der Waals surface area contributed by atoms with Crippen LogP contribution in [0.4, 0.5) is 0 Å². The van der Waals surface area contributed by atoms with Crippen molar-refractivity contribution in [1.82, 2.24) is 21.3 Å². The first-order chi connectivity index (χ1) is 17.0. The summed E-state index contributed by atoms with van der Waals surface area (Å²) in [6.07, 6.45) is 2.48. The molecule has 0 saturated heterocycles. The van der Waals surface area contributed by atoms with E-state index < -0.39 is 0 Å². The van der Waals surface area contributed by atoms with Gasteiger partial charge in [0.15, 0.2) is 0 Å². The lowest BCUT2D eigenvalue weighted by atomic mass is 9.92. The number of rotatable bonds is 12. The number of hydrogen-bond acceptors (Lipinski definition) is 5. The van der Waals surface area contributed by atoms with Crippen LogP contribution in [0.15, 0.2) is 0 Å². The van der Waals surface area contributed by atoms with E-state index in [-0.39, 0.29) is 45.5 Å². The minimum atomic E-state index is -0.216. The standard InChI is InChI=1S/C16H32N2O3.C13H26N2O2/c1-15(2,3)12-14(20)17-9-11-21-10-7-8-13(19)18-16(4,5)6;1-12(2,3)9-11(17)14-8-7-10(16)15-13(4,5)6/h7-12H2,1-6H3,(H,17,20)(H,18,19);7-9H2,1-6H3,(H,14,17)(H,15,16). The second kappa shape index (κ2) is 17.4. The summed E-state index contributed by atoms with van der Waals surface area (Å²) < 4.78 is 5.40. The van der Waals surface area contributed by atoms with Gasteiger partial charge in [0, 0.05) is 56.5 Å². The number of amides is 4. The topological polar surface area (TPSA) is 126 Å². The van der Waals surface area contributed by atoms with Gasteiger partial charge in [0.1, 0.15) is 0 Å². The highest BCUT2D eigenvalue weighted by Crippen LogP contribution is 2.18. The SMILES string of the molecule is CC(C)(C)CC(=O)NCCC(=O)NC(C)(C)C.CC(C)(C)CC(=O)NCCOCCCC(=O)NC(C)(C)C. The lowest BCUT2D eigenvalue weighted by Gasteiger charge is -2.21. The van der Waals surface area contributed by atoms with Crippen LogP contribution in [0.3, 0.4) is 0 Å². The molecule has 4 amide bonds. The van der Waals surface area contributed by atoms with Gasteiger partial charge >= 0.3 is 0 Å². The molecule has 0 rings (SSSR count). The quantitative estimate of drug-likeness (QED) is 0.276. The van der Waals surface area contributed by atoms with E-state index in [0.717, 1.165) is 0 Å². The molecule has 224 valence electrons. The Kier molecular flexibility index (Phi) is 17.4. The molecule has 0 bridgehead atoms. The van der Waals surface area contributed by atoms with Crippen LogP contribution in [-0.4, -0.2) is 61.0 Å². The molecule has 0 aromatic rings. The maximum Gasteiger partial charge on any atom is 0.222 e. The second-order valence-corrected chi connectivity index (χ2v) is 14.2. The van der Waals surface area contributed by atoms with Crippen molar-refractivity contribution in [3.05, 3.63) is 0 Å². The van der Waals surface area contributed by atoms with Crippen LogP contribution in [0.5, 0.6) is 0 Å². The van der Waals surface area contributed by atoms with Crippen molar-refractivity contribution in [2.24, 2.45) is 10.8 Å². The Bertz CT molecular complexity index is 663. The number of hydrogen-bond donors (Lipinski definition) is 4. The lowest BCUT2D eigenvalue weighted by Crippen LogP contribution is -2.42. The third-order valence-electron chi connectivity index (χ3n) is 4.35. The average Bonchev–Trinajstić information content (AvgIpc) is 2.62. The first-order valence-electron chi connectivity index (χ1n) is 13.7. The van der Waals surface area contributed by atoms with E-state index in [1.807, 2.05) is 83.1 Å². The van der Waals surface area contributed by atoms with Gasteiger partial charge in [-0.3, -0.25) is 19.2 Å². The number of nitrogens with one attached hydrogen (secondary N) is 4. The fourth-order valence-corrected chi connectivity index (χ4v) is 3.06. The van der Waals surface area contributed by atoms with Gasteiger partial charge in [0.25, 0.3) is 0 Å². The Balaban J connectivity index is 0. The Morgan fingerprint density at radius 3 is 1.32 bits per heavy atom. The Labute approximate surface area is 232 Å². The van der Waals surface area contributed by atoms with Crippen LogP contribution in [0.2, 0.25) is 0 Å². The van der Waals surface area contributed by atoms with E-state index in [4.69, 9.17) is 4.74 Å². The summed E-state index contributed by atoms with van der Waals surface area (Å²) in [6.45, 7) is 25.8. The van der Waals surface area contributed by atoms with Gasteiger partial charge in [-0.05, 0) is 58.8 Å². The zero-order chi connectivity index (χ0) is 30.2. The molecule has 38 heavy (non-hydrogen) atoms. The van der Waals surface area contributed by atoms with Crippen LogP contribution in [0, 0.1) is 10.8 Å². The molecule has 0 aromatic carbocycles. The highest BCUT2D eigenvalue weighted by atomic mass is 16.5. The smallest absolute Gasteiger partial charge is 0.222 e. The molecule has 0 spiro atoms. The zero-order valence-electron chi connectivity index (χ0n) is 26.4. The zero-order valence-corrected chi connectivity index (χ0v) is 26.4. The minimum Gasteiger partial charge on any atom is -0.380 e. The number of ether oxygens (including phenoxy) is 1.